The minimum absolute atomic E-state index is 0.0837. The van der Waals surface area contributed by atoms with Gasteiger partial charge in [0.1, 0.15) is 5.82 Å². The lowest BCUT2D eigenvalue weighted by Crippen LogP contribution is -2.43. The van der Waals surface area contributed by atoms with Crippen molar-refractivity contribution in [1.82, 2.24) is 14.5 Å². The first-order chi connectivity index (χ1) is 13.8. The summed E-state index contributed by atoms with van der Waals surface area (Å²) in [4.78, 5) is 19.7. The minimum Gasteiger partial charge on any atom is -0.342 e. The van der Waals surface area contributed by atoms with E-state index in [2.05, 4.69) is 55.7 Å². The number of hydrogen-bond acceptors (Lipinski definition) is 3. The quantitative estimate of drug-likeness (QED) is 0.653. The maximum atomic E-state index is 12.9. The Labute approximate surface area is 169 Å². The SMILES string of the molecule is O=C(C1Cc2ccccc21)N1CCC(c2nccn2CCc2ccsc2)CC1. The Hall–Kier alpha value is -2.40. The standard InChI is InChI=1S/C23H25N3OS/c27-23(21-15-19-3-1-2-4-20(19)21)26-11-6-18(7-12-26)22-24-9-13-25(22)10-5-17-8-14-28-16-17/h1-4,8-9,13-14,16,18,21H,5-7,10-12,15H2. The highest BCUT2D eigenvalue weighted by Gasteiger charge is 2.36. The molecule has 1 aliphatic carbocycles. The number of aromatic nitrogens is 2. The monoisotopic (exact) mass is 391 g/mol. The van der Waals surface area contributed by atoms with Crippen molar-refractivity contribution < 1.29 is 4.79 Å². The van der Waals surface area contributed by atoms with Gasteiger partial charge in [0.25, 0.3) is 0 Å². The lowest BCUT2D eigenvalue weighted by atomic mass is 9.76. The fourth-order valence-corrected chi connectivity index (χ4v) is 5.31. The number of nitrogens with zero attached hydrogens (tertiary/aromatic N) is 3. The maximum Gasteiger partial charge on any atom is 0.230 e. The summed E-state index contributed by atoms with van der Waals surface area (Å²) in [5, 5.41) is 4.36. The zero-order chi connectivity index (χ0) is 18.9. The summed E-state index contributed by atoms with van der Waals surface area (Å²) in [5.41, 5.74) is 3.97. The Kier molecular flexibility index (Phi) is 4.77. The van der Waals surface area contributed by atoms with Gasteiger partial charge in [0.2, 0.25) is 5.91 Å². The molecule has 0 saturated carbocycles. The van der Waals surface area contributed by atoms with E-state index in [9.17, 15) is 4.79 Å². The van der Waals surface area contributed by atoms with Gasteiger partial charge in [0.05, 0.1) is 5.92 Å². The van der Waals surface area contributed by atoms with Crippen LogP contribution in [0.15, 0.2) is 53.5 Å². The van der Waals surface area contributed by atoms with Gasteiger partial charge in [-0.25, -0.2) is 4.98 Å². The van der Waals surface area contributed by atoms with Crippen molar-refractivity contribution in [2.45, 2.75) is 44.1 Å². The topological polar surface area (TPSA) is 38.1 Å². The average Bonchev–Trinajstić information content (AvgIpc) is 3.39. The van der Waals surface area contributed by atoms with Crippen LogP contribution < -0.4 is 0 Å². The van der Waals surface area contributed by atoms with Crippen molar-refractivity contribution in [2.75, 3.05) is 13.1 Å². The van der Waals surface area contributed by atoms with Gasteiger partial charge in [-0.05, 0) is 59.2 Å². The normalized spacial score (nSPS) is 19.3. The summed E-state index contributed by atoms with van der Waals surface area (Å²) in [5.74, 6) is 2.05. The number of imidazole rings is 1. The predicted octanol–water partition coefficient (Wildman–Crippen LogP) is 4.23. The molecule has 0 bridgehead atoms. The number of piperidine rings is 1. The van der Waals surface area contributed by atoms with E-state index < -0.39 is 0 Å². The third kappa shape index (κ3) is 3.28. The van der Waals surface area contributed by atoms with E-state index in [1.165, 1.54) is 22.5 Å². The lowest BCUT2D eigenvalue weighted by molar-refractivity contribution is -0.134. The molecule has 0 radical (unpaired) electrons. The number of amides is 1. The molecule has 3 aromatic rings. The molecule has 1 saturated heterocycles. The first kappa shape index (κ1) is 17.7. The molecule has 1 atom stereocenters. The first-order valence-electron chi connectivity index (χ1n) is 10.2. The number of thiophene rings is 1. The number of likely N-dealkylation sites (tertiary alicyclic amines) is 1. The van der Waals surface area contributed by atoms with Crippen molar-refractivity contribution in [1.29, 1.82) is 0 Å². The molecular weight excluding hydrogens is 366 g/mol. The number of carbonyl (C=O) groups is 1. The molecule has 1 amide bonds. The average molecular weight is 392 g/mol. The molecule has 2 aliphatic rings. The third-order valence-electron chi connectivity index (χ3n) is 6.29. The lowest BCUT2D eigenvalue weighted by Gasteiger charge is -2.37. The number of benzene rings is 1. The zero-order valence-electron chi connectivity index (χ0n) is 16.0. The van der Waals surface area contributed by atoms with E-state index in [1.54, 1.807) is 11.3 Å². The highest BCUT2D eigenvalue weighted by atomic mass is 32.1. The summed E-state index contributed by atoms with van der Waals surface area (Å²) >= 11 is 1.75. The van der Waals surface area contributed by atoms with Crippen LogP contribution in [0.5, 0.6) is 0 Å². The van der Waals surface area contributed by atoms with Crippen molar-refractivity contribution in [3.05, 3.63) is 76.0 Å². The minimum atomic E-state index is 0.0837. The smallest absolute Gasteiger partial charge is 0.230 e. The highest BCUT2D eigenvalue weighted by molar-refractivity contribution is 7.07. The zero-order valence-corrected chi connectivity index (χ0v) is 16.8. The molecule has 4 nitrogen and oxygen atoms in total. The number of aryl methyl sites for hydroxylation is 2. The molecule has 1 unspecified atom stereocenters. The van der Waals surface area contributed by atoms with Crippen LogP contribution in [-0.4, -0.2) is 33.4 Å². The van der Waals surface area contributed by atoms with Crippen LogP contribution >= 0.6 is 11.3 Å². The van der Waals surface area contributed by atoms with Crippen molar-refractivity contribution in [3.63, 3.8) is 0 Å². The van der Waals surface area contributed by atoms with E-state index in [-0.39, 0.29) is 5.92 Å². The summed E-state index contributed by atoms with van der Waals surface area (Å²) < 4.78 is 2.31. The fourth-order valence-electron chi connectivity index (χ4n) is 4.61. The molecule has 28 heavy (non-hydrogen) atoms. The second-order valence-electron chi connectivity index (χ2n) is 7.92. The van der Waals surface area contributed by atoms with Gasteiger partial charge in [-0.1, -0.05) is 24.3 Å². The van der Waals surface area contributed by atoms with E-state index in [4.69, 9.17) is 0 Å². The Morgan fingerprint density at radius 2 is 2.04 bits per heavy atom. The van der Waals surface area contributed by atoms with Crippen LogP contribution in [0.1, 0.15) is 47.2 Å². The van der Waals surface area contributed by atoms with E-state index >= 15 is 0 Å². The van der Waals surface area contributed by atoms with Gasteiger partial charge in [0.15, 0.2) is 0 Å². The third-order valence-corrected chi connectivity index (χ3v) is 7.03. The van der Waals surface area contributed by atoms with Crippen molar-refractivity contribution >= 4 is 17.2 Å². The molecule has 5 heteroatoms. The molecule has 1 fully saturated rings. The van der Waals surface area contributed by atoms with E-state index in [1.807, 2.05) is 12.3 Å². The van der Waals surface area contributed by atoms with Gasteiger partial charge in [-0.2, -0.15) is 11.3 Å². The number of carbonyl (C=O) groups excluding carboxylic acids is 1. The van der Waals surface area contributed by atoms with Gasteiger partial charge in [0, 0.05) is 37.9 Å². The Balaban J connectivity index is 1.19. The molecule has 1 aliphatic heterocycles. The van der Waals surface area contributed by atoms with Gasteiger partial charge < -0.3 is 9.47 Å². The largest absolute Gasteiger partial charge is 0.342 e. The molecule has 2 aromatic heterocycles. The molecule has 5 rings (SSSR count). The van der Waals surface area contributed by atoms with E-state index in [0.29, 0.717) is 11.8 Å². The molecule has 0 spiro atoms. The van der Waals surface area contributed by atoms with Crippen LogP contribution in [0.2, 0.25) is 0 Å². The van der Waals surface area contributed by atoms with Crippen molar-refractivity contribution in [3.8, 4) is 0 Å². The van der Waals surface area contributed by atoms with Gasteiger partial charge in [-0.3, -0.25) is 4.79 Å². The second-order valence-corrected chi connectivity index (χ2v) is 8.70. The second kappa shape index (κ2) is 7.55. The summed E-state index contributed by atoms with van der Waals surface area (Å²) in [6, 6.07) is 10.6. The van der Waals surface area contributed by atoms with E-state index in [0.717, 1.165) is 45.3 Å². The molecule has 1 aromatic carbocycles. The van der Waals surface area contributed by atoms with Crippen LogP contribution in [0.3, 0.4) is 0 Å². The summed E-state index contributed by atoms with van der Waals surface area (Å²) in [7, 11) is 0. The Morgan fingerprint density at radius 3 is 2.82 bits per heavy atom. The first-order valence-corrected chi connectivity index (χ1v) is 11.1. The molecular formula is C23H25N3OS. The maximum absolute atomic E-state index is 12.9. The van der Waals surface area contributed by atoms with Crippen LogP contribution in [0.25, 0.3) is 0 Å². The number of rotatable bonds is 5. The summed E-state index contributed by atoms with van der Waals surface area (Å²) in [6.45, 7) is 2.67. The molecule has 3 heterocycles. The van der Waals surface area contributed by atoms with Crippen LogP contribution in [-0.2, 0) is 24.2 Å². The van der Waals surface area contributed by atoms with Crippen LogP contribution in [0, 0.1) is 0 Å². The van der Waals surface area contributed by atoms with Crippen LogP contribution in [0.4, 0.5) is 0 Å². The molecule has 144 valence electrons. The Bertz CT molecular complexity index is 954. The molecule has 0 N–H and O–H groups in total. The number of hydrogen-bond donors (Lipinski definition) is 0. The van der Waals surface area contributed by atoms with Gasteiger partial charge >= 0.3 is 0 Å². The van der Waals surface area contributed by atoms with Crippen molar-refractivity contribution in [2.24, 2.45) is 0 Å². The predicted molar refractivity (Wildman–Crippen MR) is 112 cm³/mol. The fraction of sp³-hybridized carbons (Fsp3) is 0.391. The Morgan fingerprint density at radius 1 is 1.18 bits per heavy atom. The highest BCUT2D eigenvalue weighted by Crippen LogP contribution is 2.37. The number of fused-ring (bicyclic) bond motifs is 1. The summed E-state index contributed by atoms with van der Waals surface area (Å²) in [6.07, 6.45) is 7.99. The van der Waals surface area contributed by atoms with Gasteiger partial charge in [-0.15, -0.1) is 0 Å².